The summed E-state index contributed by atoms with van der Waals surface area (Å²) in [4.78, 5) is 6.60. The Morgan fingerprint density at radius 2 is 2.11 bits per heavy atom. The van der Waals surface area contributed by atoms with E-state index in [1.165, 1.54) is 25.1 Å². The van der Waals surface area contributed by atoms with Crippen molar-refractivity contribution in [2.45, 2.75) is 46.2 Å². The third-order valence-electron chi connectivity index (χ3n) is 3.55. The van der Waals surface area contributed by atoms with Crippen molar-refractivity contribution in [3.63, 3.8) is 0 Å². The smallest absolute Gasteiger partial charge is 0.0945 e. The lowest BCUT2D eigenvalue weighted by Gasteiger charge is -2.19. The Morgan fingerprint density at radius 1 is 1.39 bits per heavy atom. The summed E-state index contributed by atoms with van der Waals surface area (Å²) < 4.78 is 2.07. The van der Waals surface area contributed by atoms with Crippen LogP contribution in [0.4, 0.5) is 0 Å². The number of rotatable bonds is 9. The zero-order valence-electron chi connectivity index (χ0n) is 12.3. The standard InChI is InChI=1S/C14H28N4/c1-5-18(6-2)9-7-8-13(3)16-11-14-10-15-12-17(14)4/h10,12-13,16H,5-9,11H2,1-4H3. The molecule has 0 amide bonds. The molecule has 0 aliphatic heterocycles. The molecular weight excluding hydrogens is 224 g/mol. The lowest BCUT2D eigenvalue weighted by Crippen LogP contribution is -2.29. The highest BCUT2D eigenvalue weighted by Gasteiger charge is 2.05. The van der Waals surface area contributed by atoms with Gasteiger partial charge < -0.3 is 14.8 Å². The molecular formula is C14H28N4. The lowest BCUT2D eigenvalue weighted by atomic mass is 10.1. The van der Waals surface area contributed by atoms with Crippen LogP contribution in [-0.4, -0.2) is 40.1 Å². The summed E-state index contributed by atoms with van der Waals surface area (Å²) in [6, 6.07) is 0.565. The minimum Gasteiger partial charge on any atom is -0.337 e. The molecule has 1 aromatic heterocycles. The van der Waals surface area contributed by atoms with Gasteiger partial charge in [-0.25, -0.2) is 4.98 Å². The van der Waals surface area contributed by atoms with Gasteiger partial charge in [0.15, 0.2) is 0 Å². The summed E-state index contributed by atoms with van der Waals surface area (Å²) in [5.41, 5.74) is 1.24. The van der Waals surface area contributed by atoms with E-state index in [0.29, 0.717) is 6.04 Å². The number of imidazole rings is 1. The van der Waals surface area contributed by atoms with Crippen molar-refractivity contribution in [3.05, 3.63) is 18.2 Å². The highest BCUT2D eigenvalue weighted by atomic mass is 15.1. The first-order valence-corrected chi connectivity index (χ1v) is 7.08. The third-order valence-corrected chi connectivity index (χ3v) is 3.55. The van der Waals surface area contributed by atoms with Gasteiger partial charge >= 0.3 is 0 Å². The van der Waals surface area contributed by atoms with Gasteiger partial charge in [-0.1, -0.05) is 13.8 Å². The second kappa shape index (κ2) is 8.27. The fourth-order valence-electron chi connectivity index (χ4n) is 2.10. The number of aromatic nitrogens is 2. The van der Waals surface area contributed by atoms with E-state index in [4.69, 9.17) is 0 Å². The molecule has 1 atom stereocenters. The van der Waals surface area contributed by atoms with E-state index in [-0.39, 0.29) is 0 Å². The van der Waals surface area contributed by atoms with Gasteiger partial charge in [0.05, 0.1) is 12.0 Å². The Hall–Kier alpha value is -0.870. The van der Waals surface area contributed by atoms with Gasteiger partial charge in [0.2, 0.25) is 0 Å². The van der Waals surface area contributed by atoms with Crippen LogP contribution in [0.5, 0.6) is 0 Å². The van der Waals surface area contributed by atoms with E-state index in [1.807, 2.05) is 19.6 Å². The molecule has 1 N–H and O–H groups in total. The fourth-order valence-corrected chi connectivity index (χ4v) is 2.10. The monoisotopic (exact) mass is 252 g/mol. The second-order valence-electron chi connectivity index (χ2n) is 4.95. The Morgan fingerprint density at radius 3 is 2.67 bits per heavy atom. The van der Waals surface area contributed by atoms with Gasteiger partial charge in [-0.05, 0) is 39.4 Å². The maximum Gasteiger partial charge on any atom is 0.0945 e. The van der Waals surface area contributed by atoms with E-state index < -0.39 is 0 Å². The van der Waals surface area contributed by atoms with Crippen LogP contribution in [0.25, 0.3) is 0 Å². The molecule has 4 nitrogen and oxygen atoms in total. The molecule has 1 aromatic rings. The maximum atomic E-state index is 4.12. The number of aryl methyl sites for hydroxylation is 1. The summed E-state index contributed by atoms with van der Waals surface area (Å²) in [5, 5.41) is 3.56. The largest absolute Gasteiger partial charge is 0.337 e. The first-order chi connectivity index (χ1) is 8.67. The Balaban J connectivity index is 2.14. The van der Waals surface area contributed by atoms with Gasteiger partial charge in [-0.15, -0.1) is 0 Å². The van der Waals surface area contributed by atoms with Crippen LogP contribution in [0, 0.1) is 0 Å². The molecule has 18 heavy (non-hydrogen) atoms. The molecule has 0 saturated carbocycles. The van der Waals surface area contributed by atoms with Crippen LogP contribution < -0.4 is 5.32 Å². The zero-order valence-corrected chi connectivity index (χ0v) is 12.3. The molecule has 104 valence electrons. The molecule has 0 saturated heterocycles. The molecule has 0 bridgehead atoms. The van der Waals surface area contributed by atoms with Gasteiger partial charge in [0, 0.05) is 25.8 Å². The van der Waals surface area contributed by atoms with Crippen molar-refractivity contribution in [2.75, 3.05) is 19.6 Å². The van der Waals surface area contributed by atoms with E-state index >= 15 is 0 Å². The van der Waals surface area contributed by atoms with Crippen molar-refractivity contribution in [1.29, 1.82) is 0 Å². The number of nitrogens with zero attached hydrogens (tertiary/aromatic N) is 3. The van der Waals surface area contributed by atoms with Crippen molar-refractivity contribution >= 4 is 0 Å². The summed E-state index contributed by atoms with van der Waals surface area (Å²) in [5.74, 6) is 0. The second-order valence-corrected chi connectivity index (χ2v) is 4.95. The SMILES string of the molecule is CCN(CC)CCCC(C)NCc1cncn1C. The average molecular weight is 252 g/mol. The highest BCUT2D eigenvalue weighted by molar-refractivity contribution is 4.96. The Kier molecular flexibility index (Phi) is 6.98. The van der Waals surface area contributed by atoms with Crippen molar-refractivity contribution in [3.8, 4) is 0 Å². The number of hydrogen-bond acceptors (Lipinski definition) is 3. The fraction of sp³-hybridized carbons (Fsp3) is 0.786. The van der Waals surface area contributed by atoms with Gasteiger partial charge in [0.25, 0.3) is 0 Å². The van der Waals surface area contributed by atoms with Gasteiger partial charge in [0.1, 0.15) is 0 Å². The predicted molar refractivity (Wildman–Crippen MR) is 76.5 cm³/mol. The normalized spacial score (nSPS) is 13.2. The molecule has 0 fully saturated rings. The van der Waals surface area contributed by atoms with E-state index in [2.05, 4.69) is 40.5 Å². The van der Waals surface area contributed by atoms with Crippen LogP contribution in [-0.2, 0) is 13.6 Å². The molecule has 0 aliphatic carbocycles. The summed E-state index contributed by atoms with van der Waals surface area (Å²) in [7, 11) is 2.04. The molecule has 0 radical (unpaired) electrons. The summed E-state index contributed by atoms with van der Waals surface area (Å²) in [6.07, 6.45) is 6.27. The molecule has 1 unspecified atom stereocenters. The Bertz CT molecular complexity index is 317. The summed E-state index contributed by atoms with van der Waals surface area (Å²) >= 11 is 0. The van der Waals surface area contributed by atoms with Crippen molar-refractivity contribution in [1.82, 2.24) is 19.8 Å². The molecule has 0 aliphatic rings. The predicted octanol–water partition coefficient (Wildman–Crippen LogP) is 2.02. The van der Waals surface area contributed by atoms with E-state index in [9.17, 15) is 0 Å². The minimum atomic E-state index is 0.565. The van der Waals surface area contributed by atoms with Crippen LogP contribution in [0.2, 0.25) is 0 Å². The van der Waals surface area contributed by atoms with Crippen LogP contribution in [0.1, 0.15) is 39.3 Å². The van der Waals surface area contributed by atoms with Crippen LogP contribution in [0.15, 0.2) is 12.5 Å². The molecule has 4 heteroatoms. The van der Waals surface area contributed by atoms with Crippen molar-refractivity contribution in [2.24, 2.45) is 7.05 Å². The number of hydrogen-bond donors (Lipinski definition) is 1. The van der Waals surface area contributed by atoms with Crippen LogP contribution >= 0.6 is 0 Å². The summed E-state index contributed by atoms with van der Waals surface area (Å²) in [6.45, 7) is 11.2. The average Bonchev–Trinajstić information content (AvgIpc) is 2.78. The quantitative estimate of drug-likeness (QED) is 0.730. The molecule has 0 aromatic carbocycles. The highest BCUT2D eigenvalue weighted by Crippen LogP contribution is 2.02. The number of nitrogens with one attached hydrogen (secondary N) is 1. The van der Waals surface area contributed by atoms with Gasteiger partial charge in [-0.3, -0.25) is 0 Å². The Labute approximate surface area is 111 Å². The first kappa shape index (κ1) is 15.2. The molecule has 1 rings (SSSR count). The van der Waals surface area contributed by atoms with E-state index in [1.54, 1.807) is 0 Å². The molecule has 0 spiro atoms. The zero-order chi connectivity index (χ0) is 13.4. The lowest BCUT2D eigenvalue weighted by molar-refractivity contribution is 0.290. The van der Waals surface area contributed by atoms with Crippen molar-refractivity contribution < 1.29 is 0 Å². The van der Waals surface area contributed by atoms with Crippen LogP contribution in [0.3, 0.4) is 0 Å². The first-order valence-electron chi connectivity index (χ1n) is 7.08. The maximum absolute atomic E-state index is 4.12. The third kappa shape index (κ3) is 5.19. The molecule has 1 heterocycles. The van der Waals surface area contributed by atoms with E-state index in [0.717, 1.165) is 19.6 Å². The van der Waals surface area contributed by atoms with Gasteiger partial charge in [-0.2, -0.15) is 0 Å². The topological polar surface area (TPSA) is 33.1 Å². The minimum absolute atomic E-state index is 0.565.